The van der Waals surface area contributed by atoms with E-state index in [1.54, 1.807) is 0 Å². The van der Waals surface area contributed by atoms with E-state index in [4.69, 9.17) is 16.3 Å². The van der Waals surface area contributed by atoms with Crippen molar-refractivity contribution in [1.82, 2.24) is 0 Å². The minimum atomic E-state index is -0.188. The first-order chi connectivity index (χ1) is 15.6. The highest BCUT2D eigenvalue weighted by molar-refractivity contribution is 6.31. The standard InChI is InChI=1S/C29H40ClFO/c1-2-3-19-4-6-20(7-5-19)21-8-10-22(11-9-21)23-12-14-24(15-13-23)25-16-17-26(27-18-32-27)28(30)29(25)31/h2,16-17,19-24,27H,1,3-15,18H2. The fraction of sp³-hybridized carbons (Fsp3) is 0.724. The van der Waals surface area contributed by atoms with Gasteiger partial charge in [0.05, 0.1) is 11.6 Å². The van der Waals surface area contributed by atoms with Crippen LogP contribution in [0.3, 0.4) is 0 Å². The average Bonchev–Trinajstić information content (AvgIpc) is 3.67. The molecule has 0 aromatic heterocycles. The zero-order valence-electron chi connectivity index (χ0n) is 19.5. The van der Waals surface area contributed by atoms with Gasteiger partial charge >= 0.3 is 0 Å². The topological polar surface area (TPSA) is 12.5 Å². The van der Waals surface area contributed by atoms with E-state index < -0.39 is 0 Å². The molecule has 0 N–H and O–H groups in total. The molecule has 1 heterocycles. The molecule has 4 fully saturated rings. The Balaban J connectivity index is 1.09. The van der Waals surface area contributed by atoms with E-state index in [2.05, 4.69) is 12.7 Å². The summed E-state index contributed by atoms with van der Waals surface area (Å²) in [6.45, 7) is 4.60. The van der Waals surface area contributed by atoms with Crippen LogP contribution in [0.2, 0.25) is 5.02 Å². The summed E-state index contributed by atoms with van der Waals surface area (Å²) in [5.74, 6) is 4.79. The summed E-state index contributed by atoms with van der Waals surface area (Å²) in [7, 11) is 0. The van der Waals surface area contributed by atoms with Crippen molar-refractivity contribution in [2.24, 2.45) is 29.6 Å². The largest absolute Gasteiger partial charge is 0.368 e. The summed E-state index contributed by atoms with van der Waals surface area (Å²) in [5, 5.41) is 0.295. The van der Waals surface area contributed by atoms with Crippen molar-refractivity contribution in [3.05, 3.63) is 46.8 Å². The van der Waals surface area contributed by atoms with Crippen molar-refractivity contribution in [2.75, 3.05) is 6.61 Å². The minimum absolute atomic E-state index is 0.0131. The Labute approximate surface area is 199 Å². The number of allylic oxidation sites excluding steroid dienone is 1. The average molecular weight is 459 g/mol. The number of hydrogen-bond acceptors (Lipinski definition) is 1. The molecule has 32 heavy (non-hydrogen) atoms. The van der Waals surface area contributed by atoms with Crippen molar-refractivity contribution in [3.8, 4) is 0 Å². The molecular formula is C29H40ClFO. The van der Waals surface area contributed by atoms with E-state index in [9.17, 15) is 4.39 Å². The smallest absolute Gasteiger partial charge is 0.145 e. The quantitative estimate of drug-likeness (QED) is 0.306. The van der Waals surface area contributed by atoms with Crippen LogP contribution in [0, 0.1) is 35.4 Å². The molecule has 0 spiro atoms. The summed E-state index contributed by atoms with van der Waals surface area (Å²) in [5.41, 5.74) is 1.67. The van der Waals surface area contributed by atoms with Gasteiger partial charge in [0.1, 0.15) is 11.9 Å². The fourth-order valence-corrected chi connectivity index (χ4v) is 7.79. The van der Waals surface area contributed by atoms with Crippen LogP contribution in [0.15, 0.2) is 24.8 Å². The van der Waals surface area contributed by atoms with Gasteiger partial charge in [0.25, 0.3) is 0 Å². The number of halogens is 2. The van der Waals surface area contributed by atoms with Crippen molar-refractivity contribution >= 4 is 11.6 Å². The van der Waals surface area contributed by atoms with Crippen LogP contribution in [0.4, 0.5) is 4.39 Å². The molecule has 1 aromatic rings. The molecule has 0 bridgehead atoms. The fourth-order valence-electron chi connectivity index (χ4n) is 7.49. The van der Waals surface area contributed by atoms with Crippen LogP contribution < -0.4 is 0 Å². The summed E-state index contributed by atoms with van der Waals surface area (Å²) in [6, 6.07) is 3.98. The third kappa shape index (κ3) is 4.97. The molecule has 1 aromatic carbocycles. The first kappa shape index (κ1) is 22.9. The zero-order valence-corrected chi connectivity index (χ0v) is 20.3. The van der Waals surface area contributed by atoms with Gasteiger partial charge in [-0.25, -0.2) is 4.39 Å². The second-order valence-electron chi connectivity index (χ2n) is 11.3. The van der Waals surface area contributed by atoms with Gasteiger partial charge in [0, 0.05) is 5.56 Å². The first-order valence-electron chi connectivity index (χ1n) is 13.3. The van der Waals surface area contributed by atoms with Crippen molar-refractivity contribution in [1.29, 1.82) is 0 Å². The number of benzene rings is 1. The van der Waals surface area contributed by atoms with Crippen LogP contribution in [0.5, 0.6) is 0 Å². The Morgan fingerprint density at radius 1 is 0.812 bits per heavy atom. The molecule has 4 aliphatic rings. The van der Waals surface area contributed by atoms with Gasteiger partial charge in [0.15, 0.2) is 0 Å². The lowest BCUT2D eigenvalue weighted by atomic mass is 9.64. The van der Waals surface area contributed by atoms with E-state index in [0.29, 0.717) is 17.5 Å². The molecule has 1 nitrogen and oxygen atoms in total. The molecule has 1 unspecified atom stereocenters. The normalized spacial score (nSPS) is 37.8. The summed E-state index contributed by atoms with van der Waals surface area (Å²) in [4.78, 5) is 0. The summed E-state index contributed by atoms with van der Waals surface area (Å²) >= 11 is 6.34. The van der Waals surface area contributed by atoms with Crippen LogP contribution in [-0.2, 0) is 4.74 Å². The molecule has 1 atom stereocenters. The van der Waals surface area contributed by atoms with Crippen molar-refractivity contribution in [3.63, 3.8) is 0 Å². The Kier molecular flexibility index (Phi) is 7.29. The lowest BCUT2D eigenvalue weighted by molar-refractivity contribution is 0.110. The highest BCUT2D eigenvalue weighted by Crippen LogP contribution is 2.48. The summed E-state index contributed by atoms with van der Waals surface area (Å²) in [6.07, 6.45) is 19.6. The van der Waals surface area contributed by atoms with E-state index in [1.807, 2.05) is 12.1 Å². The first-order valence-corrected chi connectivity index (χ1v) is 13.7. The second kappa shape index (κ2) is 10.2. The van der Waals surface area contributed by atoms with Crippen LogP contribution in [0.1, 0.15) is 107 Å². The SMILES string of the molecule is C=CCC1CCC(C2CCC(C3CCC(c4ccc(C5CO5)c(Cl)c4F)CC3)CC2)CC1. The lowest BCUT2D eigenvalue weighted by Gasteiger charge is -2.41. The number of hydrogen-bond donors (Lipinski definition) is 0. The van der Waals surface area contributed by atoms with E-state index in [1.165, 1.54) is 70.6 Å². The second-order valence-corrected chi connectivity index (χ2v) is 11.7. The van der Waals surface area contributed by atoms with Crippen LogP contribution >= 0.6 is 11.6 Å². The summed E-state index contributed by atoms with van der Waals surface area (Å²) < 4.78 is 20.3. The molecule has 3 aliphatic carbocycles. The molecule has 3 heteroatoms. The molecule has 3 saturated carbocycles. The van der Waals surface area contributed by atoms with E-state index in [0.717, 1.165) is 53.6 Å². The van der Waals surface area contributed by atoms with Gasteiger partial charge in [-0.1, -0.05) is 29.8 Å². The third-order valence-electron chi connectivity index (χ3n) is 9.58. The molecule has 0 radical (unpaired) electrons. The predicted octanol–water partition coefficient (Wildman–Crippen LogP) is 9.01. The Bertz CT molecular complexity index is 779. The van der Waals surface area contributed by atoms with Crippen LogP contribution in [-0.4, -0.2) is 6.61 Å². The van der Waals surface area contributed by atoms with Gasteiger partial charge in [-0.2, -0.15) is 0 Å². The van der Waals surface area contributed by atoms with Gasteiger partial charge < -0.3 is 4.74 Å². The van der Waals surface area contributed by atoms with Gasteiger partial charge in [-0.05, 0) is 125 Å². The maximum absolute atomic E-state index is 15.0. The molecular weight excluding hydrogens is 419 g/mol. The number of ether oxygens (including phenoxy) is 1. The molecule has 0 amide bonds. The van der Waals surface area contributed by atoms with Gasteiger partial charge in [-0.3, -0.25) is 0 Å². The highest BCUT2D eigenvalue weighted by atomic mass is 35.5. The van der Waals surface area contributed by atoms with Crippen LogP contribution in [0.25, 0.3) is 0 Å². The number of rotatable bonds is 6. The Morgan fingerprint density at radius 3 is 1.78 bits per heavy atom. The maximum atomic E-state index is 15.0. The maximum Gasteiger partial charge on any atom is 0.145 e. The molecule has 5 rings (SSSR count). The third-order valence-corrected chi connectivity index (χ3v) is 9.96. The highest BCUT2D eigenvalue weighted by Gasteiger charge is 2.36. The van der Waals surface area contributed by atoms with E-state index >= 15 is 0 Å². The number of epoxide rings is 1. The van der Waals surface area contributed by atoms with Crippen molar-refractivity contribution < 1.29 is 9.13 Å². The van der Waals surface area contributed by atoms with Gasteiger partial charge in [-0.15, -0.1) is 6.58 Å². The Morgan fingerprint density at radius 2 is 1.28 bits per heavy atom. The minimum Gasteiger partial charge on any atom is -0.368 e. The monoisotopic (exact) mass is 458 g/mol. The van der Waals surface area contributed by atoms with Crippen molar-refractivity contribution in [2.45, 2.75) is 95.5 Å². The molecule has 176 valence electrons. The van der Waals surface area contributed by atoms with E-state index in [-0.39, 0.29) is 11.9 Å². The molecule has 1 aliphatic heterocycles. The Hall–Kier alpha value is -0.860. The molecule has 1 saturated heterocycles. The lowest BCUT2D eigenvalue weighted by Crippen LogP contribution is -2.29. The zero-order chi connectivity index (χ0) is 22.1. The van der Waals surface area contributed by atoms with Gasteiger partial charge in [0.2, 0.25) is 0 Å². The predicted molar refractivity (Wildman–Crippen MR) is 131 cm³/mol.